The topological polar surface area (TPSA) is 92.0 Å². The second kappa shape index (κ2) is 3.45. The van der Waals surface area contributed by atoms with Crippen LogP contribution in [-0.2, 0) is 0 Å². The van der Waals surface area contributed by atoms with E-state index in [1.165, 1.54) is 6.07 Å². The van der Waals surface area contributed by atoms with Crippen molar-refractivity contribution in [1.82, 2.24) is 10.2 Å². The van der Waals surface area contributed by atoms with Gasteiger partial charge in [0.1, 0.15) is 11.4 Å². The van der Waals surface area contributed by atoms with Gasteiger partial charge in [-0.1, -0.05) is 12.1 Å². The Labute approximate surface area is 85.2 Å². The van der Waals surface area contributed by atoms with Crippen molar-refractivity contribution in [2.45, 2.75) is 0 Å². The Bertz CT molecular complexity index is 548. The smallest absolute Gasteiger partial charge is 0.287 e. The summed E-state index contributed by atoms with van der Waals surface area (Å²) in [5.74, 6) is 0.138. The third-order valence-corrected chi connectivity index (χ3v) is 1.97. The van der Waals surface area contributed by atoms with E-state index in [-0.39, 0.29) is 11.4 Å². The molecule has 5 heteroatoms. The average molecular weight is 203 g/mol. The van der Waals surface area contributed by atoms with Crippen molar-refractivity contribution in [1.29, 1.82) is 0 Å². The maximum Gasteiger partial charge on any atom is 0.287 e. The van der Waals surface area contributed by atoms with Crippen LogP contribution in [0.15, 0.2) is 35.1 Å². The number of hydrogen-bond donors (Lipinski definition) is 3. The van der Waals surface area contributed by atoms with Crippen LogP contribution in [0.1, 0.15) is 0 Å². The number of H-pyrrole nitrogens is 1. The van der Waals surface area contributed by atoms with Crippen molar-refractivity contribution in [2.24, 2.45) is 0 Å². The largest absolute Gasteiger partial charge is 0.508 e. The highest BCUT2D eigenvalue weighted by atomic mass is 16.3. The number of nitrogens with one attached hydrogen (secondary N) is 1. The number of nitrogens with zero attached hydrogens (tertiary/aromatic N) is 1. The second-order valence-electron chi connectivity index (χ2n) is 3.09. The highest BCUT2D eigenvalue weighted by Crippen LogP contribution is 2.20. The summed E-state index contributed by atoms with van der Waals surface area (Å²) >= 11 is 0. The van der Waals surface area contributed by atoms with Crippen LogP contribution in [0, 0.1) is 0 Å². The van der Waals surface area contributed by atoms with Gasteiger partial charge in [-0.25, -0.2) is 5.10 Å². The fraction of sp³-hybridized carbons (Fsp3) is 0. The second-order valence-corrected chi connectivity index (χ2v) is 3.09. The molecule has 0 unspecified atom stereocenters. The van der Waals surface area contributed by atoms with Gasteiger partial charge in [0, 0.05) is 5.56 Å². The number of aromatic nitrogens is 2. The molecule has 0 fully saturated rings. The summed E-state index contributed by atoms with van der Waals surface area (Å²) in [7, 11) is 0. The number of phenolic OH excluding ortho intramolecular Hbond substituents is 1. The molecule has 5 nitrogen and oxygen atoms in total. The molecule has 0 amide bonds. The molecule has 0 atom stereocenters. The molecule has 76 valence electrons. The summed E-state index contributed by atoms with van der Waals surface area (Å²) in [4.78, 5) is 11.0. The van der Waals surface area contributed by atoms with Gasteiger partial charge in [-0.15, -0.1) is 0 Å². The Morgan fingerprint density at radius 3 is 2.80 bits per heavy atom. The molecule has 0 radical (unpaired) electrons. The molecule has 0 saturated heterocycles. The molecule has 1 heterocycles. The quantitative estimate of drug-likeness (QED) is 0.636. The van der Waals surface area contributed by atoms with E-state index in [1.54, 1.807) is 24.3 Å². The van der Waals surface area contributed by atoms with Crippen LogP contribution in [0.2, 0.25) is 0 Å². The van der Waals surface area contributed by atoms with E-state index < -0.39 is 5.56 Å². The zero-order valence-electron chi connectivity index (χ0n) is 7.77. The third kappa shape index (κ3) is 1.80. The van der Waals surface area contributed by atoms with E-state index in [2.05, 4.69) is 10.2 Å². The minimum Gasteiger partial charge on any atom is -0.508 e. The molecule has 0 saturated carbocycles. The molecular weight excluding hydrogens is 194 g/mol. The number of aromatic hydroxyl groups is 1. The molecule has 2 aromatic rings. The van der Waals surface area contributed by atoms with Crippen LogP contribution in [0.5, 0.6) is 5.75 Å². The number of phenols is 1. The Morgan fingerprint density at radius 1 is 1.33 bits per heavy atom. The van der Waals surface area contributed by atoms with E-state index in [0.717, 1.165) is 0 Å². The predicted octanol–water partition coefficient (Wildman–Crippen LogP) is 0.725. The van der Waals surface area contributed by atoms with E-state index in [9.17, 15) is 9.90 Å². The molecule has 15 heavy (non-hydrogen) atoms. The molecule has 0 spiro atoms. The fourth-order valence-corrected chi connectivity index (χ4v) is 1.23. The van der Waals surface area contributed by atoms with Crippen molar-refractivity contribution in [2.75, 3.05) is 5.73 Å². The lowest BCUT2D eigenvalue weighted by Gasteiger charge is -2.01. The van der Waals surface area contributed by atoms with Crippen LogP contribution in [0.3, 0.4) is 0 Å². The van der Waals surface area contributed by atoms with E-state index in [4.69, 9.17) is 5.73 Å². The van der Waals surface area contributed by atoms with E-state index >= 15 is 0 Å². The minimum atomic E-state index is -0.418. The van der Waals surface area contributed by atoms with Crippen LogP contribution in [0.4, 0.5) is 5.69 Å². The standard InChI is InChI=1S/C10H9N3O2/c11-8-5-9(12-13-10(8)15)6-2-1-3-7(14)4-6/h1-5,14H,(H2,11,12)(H,13,15). The average Bonchev–Trinajstić information content (AvgIpc) is 2.22. The van der Waals surface area contributed by atoms with Gasteiger partial charge in [-0.3, -0.25) is 4.79 Å². The van der Waals surface area contributed by atoms with Gasteiger partial charge in [0.15, 0.2) is 0 Å². The van der Waals surface area contributed by atoms with Crippen LogP contribution >= 0.6 is 0 Å². The lowest BCUT2D eigenvalue weighted by molar-refractivity contribution is 0.475. The van der Waals surface area contributed by atoms with Crippen LogP contribution < -0.4 is 11.3 Å². The molecule has 0 aliphatic carbocycles. The molecule has 0 aliphatic rings. The number of aromatic amines is 1. The minimum absolute atomic E-state index is 0.100. The molecule has 1 aromatic carbocycles. The van der Waals surface area contributed by atoms with Gasteiger partial charge in [0.2, 0.25) is 0 Å². The number of hydrogen-bond acceptors (Lipinski definition) is 4. The number of nitrogens with two attached hydrogens (primary N) is 1. The number of anilines is 1. The molecule has 0 bridgehead atoms. The maximum absolute atomic E-state index is 11.0. The normalized spacial score (nSPS) is 10.1. The summed E-state index contributed by atoms with van der Waals surface area (Å²) in [5, 5.41) is 15.4. The van der Waals surface area contributed by atoms with Crippen LogP contribution in [0.25, 0.3) is 11.3 Å². The van der Waals surface area contributed by atoms with Crippen molar-refractivity contribution >= 4 is 5.69 Å². The van der Waals surface area contributed by atoms with Gasteiger partial charge in [-0.05, 0) is 18.2 Å². The highest BCUT2D eigenvalue weighted by Gasteiger charge is 2.02. The molecule has 4 N–H and O–H groups in total. The summed E-state index contributed by atoms with van der Waals surface area (Å²) in [6.07, 6.45) is 0. The first kappa shape index (κ1) is 9.26. The third-order valence-electron chi connectivity index (χ3n) is 1.97. The Hall–Kier alpha value is -2.30. The first-order valence-electron chi connectivity index (χ1n) is 4.31. The monoisotopic (exact) mass is 203 g/mol. The molecule has 1 aromatic heterocycles. The first-order valence-corrected chi connectivity index (χ1v) is 4.31. The number of benzene rings is 1. The van der Waals surface area contributed by atoms with Crippen molar-refractivity contribution in [3.8, 4) is 17.0 Å². The number of rotatable bonds is 1. The van der Waals surface area contributed by atoms with Gasteiger partial charge in [-0.2, -0.15) is 5.10 Å². The molecular formula is C10H9N3O2. The Morgan fingerprint density at radius 2 is 2.13 bits per heavy atom. The lowest BCUT2D eigenvalue weighted by Crippen LogP contribution is -2.13. The Kier molecular flexibility index (Phi) is 2.13. The fourth-order valence-electron chi connectivity index (χ4n) is 1.23. The summed E-state index contributed by atoms with van der Waals surface area (Å²) < 4.78 is 0. The van der Waals surface area contributed by atoms with Gasteiger partial charge < -0.3 is 10.8 Å². The lowest BCUT2D eigenvalue weighted by atomic mass is 10.1. The maximum atomic E-state index is 11.0. The summed E-state index contributed by atoms with van der Waals surface area (Å²) in [6.45, 7) is 0. The van der Waals surface area contributed by atoms with Crippen molar-refractivity contribution < 1.29 is 5.11 Å². The van der Waals surface area contributed by atoms with Gasteiger partial charge in [0.25, 0.3) is 5.56 Å². The van der Waals surface area contributed by atoms with Crippen molar-refractivity contribution in [3.63, 3.8) is 0 Å². The summed E-state index contributed by atoms with van der Waals surface area (Å²) in [6, 6.07) is 8.01. The highest BCUT2D eigenvalue weighted by molar-refractivity contribution is 5.63. The SMILES string of the molecule is Nc1cc(-c2cccc(O)c2)n[nH]c1=O. The molecule has 2 rings (SSSR count). The zero-order valence-corrected chi connectivity index (χ0v) is 7.77. The Balaban J connectivity index is 2.55. The zero-order chi connectivity index (χ0) is 10.8. The van der Waals surface area contributed by atoms with Crippen LogP contribution in [-0.4, -0.2) is 15.3 Å². The van der Waals surface area contributed by atoms with Gasteiger partial charge >= 0.3 is 0 Å². The van der Waals surface area contributed by atoms with E-state index in [1.807, 2.05) is 0 Å². The predicted molar refractivity (Wildman–Crippen MR) is 56.4 cm³/mol. The molecule has 0 aliphatic heterocycles. The summed E-state index contributed by atoms with van der Waals surface area (Å²) in [5.41, 5.74) is 6.34. The number of nitrogen functional groups attached to an aromatic ring is 1. The first-order chi connectivity index (χ1) is 7.16. The van der Waals surface area contributed by atoms with Gasteiger partial charge in [0.05, 0.1) is 5.69 Å². The van der Waals surface area contributed by atoms with Crippen molar-refractivity contribution in [3.05, 3.63) is 40.7 Å². The van der Waals surface area contributed by atoms with E-state index in [0.29, 0.717) is 11.3 Å².